The van der Waals surface area contributed by atoms with Crippen molar-refractivity contribution in [3.63, 3.8) is 0 Å². The van der Waals surface area contributed by atoms with Crippen LogP contribution in [0.3, 0.4) is 0 Å². The van der Waals surface area contributed by atoms with Crippen molar-refractivity contribution in [1.82, 2.24) is 0 Å². The molecule has 0 amide bonds. The first-order chi connectivity index (χ1) is 13.4. The fourth-order valence-electron chi connectivity index (χ4n) is 3.27. The first-order valence-electron chi connectivity index (χ1n) is 8.17. The number of para-hydroxylation sites is 1. The number of furan rings is 1. The van der Waals surface area contributed by atoms with Crippen LogP contribution in [0.5, 0.6) is 0 Å². The Morgan fingerprint density at radius 1 is 0.679 bits per heavy atom. The summed E-state index contributed by atoms with van der Waals surface area (Å²) in [5, 5.41) is 28.9. The third-order valence-electron chi connectivity index (χ3n) is 4.55. The SMILES string of the molecule is O=C(O)c1ccc(-c2ccc(C(=O)O)c3oc4c(C(=O)O)cccc4c23)cc1. The number of carbonyl (C=O) groups is 3. The van der Waals surface area contributed by atoms with Gasteiger partial charge in [-0.25, -0.2) is 14.4 Å². The van der Waals surface area contributed by atoms with Crippen molar-refractivity contribution in [2.45, 2.75) is 0 Å². The Hall–Kier alpha value is -4.13. The molecule has 0 saturated heterocycles. The number of aromatic carboxylic acids is 3. The van der Waals surface area contributed by atoms with Crippen molar-refractivity contribution in [3.05, 3.63) is 71.3 Å². The molecule has 0 aliphatic rings. The Morgan fingerprint density at radius 3 is 1.93 bits per heavy atom. The van der Waals surface area contributed by atoms with Gasteiger partial charge in [-0.2, -0.15) is 0 Å². The lowest BCUT2D eigenvalue weighted by molar-refractivity contribution is 0.0686. The highest BCUT2D eigenvalue weighted by Crippen LogP contribution is 2.39. The molecule has 4 rings (SSSR count). The summed E-state index contributed by atoms with van der Waals surface area (Å²) in [6.45, 7) is 0. The molecule has 0 aliphatic carbocycles. The van der Waals surface area contributed by atoms with Gasteiger partial charge in [-0.05, 0) is 35.4 Å². The third kappa shape index (κ3) is 2.57. The van der Waals surface area contributed by atoms with Gasteiger partial charge in [-0.1, -0.05) is 30.3 Å². The van der Waals surface area contributed by atoms with Gasteiger partial charge in [0.05, 0.1) is 5.56 Å². The molecule has 7 heteroatoms. The lowest BCUT2D eigenvalue weighted by Gasteiger charge is -2.06. The highest BCUT2D eigenvalue weighted by molar-refractivity contribution is 6.20. The van der Waals surface area contributed by atoms with Gasteiger partial charge in [-0.3, -0.25) is 0 Å². The number of carboxylic acid groups (broad SMARTS) is 3. The summed E-state index contributed by atoms with van der Waals surface area (Å²) in [6, 6.07) is 13.7. The lowest BCUT2D eigenvalue weighted by atomic mass is 9.96. The van der Waals surface area contributed by atoms with Gasteiger partial charge in [0.1, 0.15) is 16.7 Å². The Balaban J connectivity index is 2.10. The van der Waals surface area contributed by atoms with E-state index in [4.69, 9.17) is 9.52 Å². The van der Waals surface area contributed by atoms with Crippen molar-refractivity contribution in [1.29, 1.82) is 0 Å². The van der Waals surface area contributed by atoms with E-state index >= 15 is 0 Å². The molecule has 0 atom stereocenters. The van der Waals surface area contributed by atoms with Crippen LogP contribution in [-0.4, -0.2) is 33.2 Å². The van der Waals surface area contributed by atoms with Gasteiger partial charge in [0, 0.05) is 10.8 Å². The number of carboxylic acids is 3. The smallest absolute Gasteiger partial charge is 0.339 e. The molecule has 28 heavy (non-hydrogen) atoms. The van der Waals surface area contributed by atoms with Gasteiger partial charge in [0.2, 0.25) is 0 Å². The zero-order chi connectivity index (χ0) is 20.0. The Kier molecular flexibility index (Phi) is 3.85. The van der Waals surface area contributed by atoms with E-state index in [-0.39, 0.29) is 27.9 Å². The predicted molar refractivity (Wildman–Crippen MR) is 100 cm³/mol. The fraction of sp³-hybridized carbons (Fsp3) is 0. The van der Waals surface area contributed by atoms with Crippen LogP contribution in [0.2, 0.25) is 0 Å². The molecule has 0 unspecified atom stereocenters. The van der Waals surface area contributed by atoms with E-state index in [0.29, 0.717) is 21.9 Å². The second-order valence-electron chi connectivity index (χ2n) is 6.14. The molecule has 1 heterocycles. The van der Waals surface area contributed by atoms with Crippen molar-refractivity contribution in [2.75, 3.05) is 0 Å². The molecule has 0 spiro atoms. The minimum Gasteiger partial charge on any atom is -0.478 e. The predicted octanol–water partition coefficient (Wildman–Crippen LogP) is 4.35. The molecule has 0 radical (unpaired) electrons. The number of fused-ring (bicyclic) bond motifs is 3. The number of hydrogen-bond donors (Lipinski definition) is 3. The average Bonchev–Trinajstić information content (AvgIpc) is 3.06. The second kappa shape index (κ2) is 6.24. The molecule has 3 N–H and O–H groups in total. The monoisotopic (exact) mass is 376 g/mol. The van der Waals surface area contributed by atoms with Gasteiger partial charge in [0.15, 0.2) is 5.58 Å². The second-order valence-corrected chi connectivity index (χ2v) is 6.14. The van der Waals surface area contributed by atoms with Crippen molar-refractivity contribution >= 4 is 39.8 Å². The van der Waals surface area contributed by atoms with E-state index < -0.39 is 17.9 Å². The molecule has 0 bridgehead atoms. The van der Waals surface area contributed by atoms with E-state index in [1.165, 1.54) is 24.3 Å². The lowest BCUT2D eigenvalue weighted by Crippen LogP contribution is -1.97. The highest BCUT2D eigenvalue weighted by atomic mass is 16.4. The first kappa shape index (κ1) is 17.3. The van der Waals surface area contributed by atoms with Gasteiger partial charge < -0.3 is 19.7 Å². The minimum atomic E-state index is -1.20. The van der Waals surface area contributed by atoms with Crippen molar-refractivity contribution < 1.29 is 34.1 Å². The van der Waals surface area contributed by atoms with E-state index in [1.54, 1.807) is 30.3 Å². The quantitative estimate of drug-likeness (QED) is 0.483. The third-order valence-corrected chi connectivity index (χ3v) is 4.55. The largest absolute Gasteiger partial charge is 0.478 e. The Labute approximate surface area is 157 Å². The van der Waals surface area contributed by atoms with Crippen LogP contribution in [0.4, 0.5) is 0 Å². The molecule has 0 aliphatic heterocycles. The van der Waals surface area contributed by atoms with Crippen molar-refractivity contribution in [3.8, 4) is 11.1 Å². The van der Waals surface area contributed by atoms with Crippen LogP contribution >= 0.6 is 0 Å². The number of benzene rings is 3. The zero-order valence-electron chi connectivity index (χ0n) is 14.2. The van der Waals surface area contributed by atoms with Crippen LogP contribution in [-0.2, 0) is 0 Å². The fourth-order valence-corrected chi connectivity index (χ4v) is 3.27. The number of rotatable bonds is 4. The molecule has 7 nitrogen and oxygen atoms in total. The molecule has 4 aromatic rings. The van der Waals surface area contributed by atoms with Gasteiger partial charge in [-0.15, -0.1) is 0 Å². The van der Waals surface area contributed by atoms with Crippen LogP contribution in [0, 0.1) is 0 Å². The normalized spacial score (nSPS) is 11.0. The summed E-state index contributed by atoms with van der Waals surface area (Å²) < 4.78 is 5.71. The molecule has 1 aromatic heterocycles. The topological polar surface area (TPSA) is 125 Å². The summed E-state index contributed by atoms with van der Waals surface area (Å²) in [4.78, 5) is 34.3. The summed E-state index contributed by atoms with van der Waals surface area (Å²) in [6.07, 6.45) is 0. The summed E-state index contributed by atoms with van der Waals surface area (Å²) >= 11 is 0. The summed E-state index contributed by atoms with van der Waals surface area (Å²) in [7, 11) is 0. The summed E-state index contributed by atoms with van der Waals surface area (Å²) in [5.74, 6) is -3.44. The van der Waals surface area contributed by atoms with Crippen LogP contribution in [0.25, 0.3) is 33.1 Å². The molecule has 0 saturated carbocycles. The first-order valence-corrected chi connectivity index (χ1v) is 8.17. The van der Waals surface area contributed by atoms with E-state index in [0.717, 1.165) is 0 Å². The Morgan fingerprint density at radius 2 is 1.32 bits per heavy atom. The Bertz CT molecular complexity index is 1280. The van der Waals surface area contributed by atoms with E-state index in [2.05, 4.69) is 0 Å². The summed E-state index contributed by atoms with van der Waals surface area (Å²) in [5.41, 5.74) is 1.37. The van der Waals surface area contributed by atoms with Gasteiger partial charge in [0.25, 0.3) is 0 Å². The number of hydrogen-bond acceptors (Lipinski definition) is 4. The van der Waals surface area contributed by atoms with Crippen molar-refractivity contribution in [2.24, 2.45) is 0 Å². The van der Waals surface area contributed by atoms with Crippen LogP contribution < -0.4 is 0 Å². The molecule has 138 valence electrons. The van der Waals surface area contributed by atoms with E-state index in [1.807, 2.05) is 0 Å². The highest BCUT2D eigenvalue weighted by Gasteiger charge is 2.22. The maximum atomic E-state index is 11.6. The maximum absolute atomic E-state index is 11.6. The van der Waals surface area contributed by atoms with Gasteiger partial charge >= 0.3 is 17.9 Å². The molecular weight excluding hydrogens is 364 g/mol. The molecule has 0 fully saturated rings. The molecular formula is C21H12O7. The minimum absolute atomic E-state index is 0.0658. The zero-order valence-corrected chi connectivity index (χ0v) is 14.2. The average molecular weight is 376 g/mol. The standard InChI is InChI=1S/C21H12O7/c22-19(23)11-6-4-10(5-7-11)12-8-9-15(21(26)27)18-16(12)13-2-1-3-14(20(24)25)17(13)28-18/h1-9H,(H,22,23)(H,24,25)(H,26,27). The van der Waals surface area contributed by atoms with E-state index in [9.17, 15) is 24.6 Å². The maximum Gasteiger partial charge on any atom is 0.339 e. The molecule has 3 aromatic carbocycles. The van der Waals surface area contributed by atoms with Crippen LogP contribution in [0.15, 0.2) is 59.0 Å². The van der Waals surface area contributed by atoms with Crippen LogP contribution in [0.1, 0.15) is 31.1 Å².